The predicted molar refractivity (Wildman–Crippen MR) is 268 cm³/mol. The van der Waals surface area contributed by atoms with Crippen LogP contribution in [0.4, 0.5) is 0 Å². The molecule has 76 heavy (non-hydrogen) atoms. The van der Waals surface area contributed by atoms with Crippen LogP contribution >= 0.6 is 0 Å². The summed E-state index contributed by atoms with van der Waals surface area (Å²) in [4.78, 5) is 145. The molecule has 0 radical (unpaired) electrons. The molecule has 0 saturated heterocycles. The maximum absolute atomic E-state index is 14.1. The van der Waals surface area contributed by atoms with Gasteiger partial charge in [0.15, 0.2) is 0 Å². The summed E-state index contributed by atoms with van der Waals surface area (Å²) in [6.45, 7) is 10.1. The van der Waals surface area contributed by atoms with Gasteiger partial charge in [0.1, 0.15) is 54.1 Å². The summed E-state index contributed by atoms with van der Waals surface area (Å²) in [5.74, 6) is -14.3. The van der Waals surface area contributed by atoms with Crippen molar-refractivity contribution in [2.75, 3.05) is 0 Å². The molecule has 0 aliphatic rings. The van der Waals surface area contributed by atoms with Crippen molar-refractivity contribution in [3.8, 4) is 5.75 Å². The van der Waals surface area contributed by atoms with E-state index in [1.807, 2.05) is 19.2 Å². The number of aromatic hydroxyl groups is 1. The quantitative estimate of drug-likeness (QED) is 0.0339. The molecule has 0 unspecified atom stereocenters. The topological polar surface area (TPSA) is 457 Å². The number of rotatable bonds is 31. The Morgan fingerprint density at radius 3 is 1.25 bits per heavy atom. The molecule has 0 heterocycles. The molecule has 27 heteroatoms. The second kappa shape index (κ2) is 30.6. The number of benzene rings is 2. The van der Waals surface area contributed by atoms with E-state index < -0.39 is 163 Å². The number of phenols is 1. The van der Waals surface area contributed by atoms with Crippen molar-refractivity contribution in [3.05, 3.63) is 65.7 Å². The molecular formula is C49H72N10O17. The van der Waals surface area contributed by atoms with Crippen LogP contribution in [-0.2, 0) is 65.6 Å². The molecule has 9 amide bonds. The molecule has 0 saturated carbocycles. The molecule has 2 rings (SSSR count). The minimum atomic E-state index is -2.10. The first-order valence-electron chi connectivity index (χ1n) is 24.2. The van der Waals surface area contributed by atoms with Crippen LogP contribution in [0.1, 0.15) is 78.9 Å². The van der Waals surface area contributed by atoms with Crippen molar-refractivity contribution in [3.63, 3.8) is 0 Å². The van der Waals surface area contributed by atoms with Gasteiger partial charge in [-0.15, -0.1) is 0 Å². The van der Waals surface area contributed by atoms with Gasteiger partial charge in [-0.3, -0.25) is 47.9 Å². The Morgan fingerprint density at radius 1 is 0.461 bits per heavy atom. The van der Waals surface area contributed by atoms with Gasteiger partial charge >= 0.3 is 11.9 Å². The minimum absolute atomic E-state index is 0.0413. The third kappa shape index (κ3) is 21.6. The molecule has 18 N–H and O–H groups in total. The summed E-state index contributed by atoms with van der Waals surface area (Å²) in [6, 6.07) is -2.03. The SMILES string of the molecule is CC(C)C[C@H](N)C(=O)N[C@H](C(=O)N[C@H](C(=O)N[C@@H](Cc1ccc(O)cc1)C(=O)N[C@@H](CC(N)=O)C(=O)N[C@H](C(=O)N[C@@H](CC(=O)O)C(=O)N[C@H](C(=O)N[C@@H](Cc1ccccc1)C(=O)O)[C@@H](C)O)[C@@H](C)O)[C@@H](C)O)C(C)C. The average Bonchev–Trinajstić information content (AvgIpc) is 3.31. The van der Waals surface area contributed by atoms with Crippen LogP contribution < -0.4 is 54.0 Å². The third-order valence-electron chi connectivity index (χ3n) is 11.5. The zero-order valence-electron chi connectivity index (χ0n) is 43.1. The van der Waals surface area contributed by atoms with E-state index in [0.717, 1.165) is 20.8 Å². The number of phenolic OH excluding ortho intramolecular Hbond substituents is 1. The summed E-state index contributed by atoms with van der Waals surface area (Å²) in [7, 11) is 0. The van der Waals surface area contributed by atoms with Gasteiger partial charge in [0, 0.05) is 12.8 Å². The molecule has 420 valence electrons. The molecule has 2 aromatic rings. The number of nitrogens with one attached hydrogen (secondary N) is 8. The summed E-state index contributed by atoms with van der Waals surface area (Å²) in [5.41, 5.74) is 12.2. The zero-order valence-corrected chi connectivity index (χ0v) is 43.1. The molecule has 27 nitrogen and oxygen atoms in total. The number of aliphatic hydroxyl groups is 3. The van der Waals surface area contributed by atoms with Crippen LogP contribution in [0.3, 0.4) is 0 Å². The number of aliphatic carboxylic acids is 2. The van der Waals surface area contributed by atoms with Crippen LogP contribution in [0.15, 0.2) is 54.6 Å². The van der Waals surface area contributed by atoms with Crippen molar-refractivity contribution in [1.82, 2.24) is 42.5 Å². The van der Waals surface area contributed by atoms with Crippen LogP contribution in [0.2, 0.25) is 0 Å². The standard InChI is InChI=1S/C49H72N10O17/c1-22(2)17-30(50)41(67)56-37(23(3)4)45(71)59-40(26(7)62)47(73)53-31(18-28-13-15-29(63)16-14-28)42(68)52-32(20-35(51)64)43(69)57-38(24(5)60)46(72)54-33(21-36(65)66)44(70)58-39(25(6)61)48(74)55-34(49(75)76)19-27-11-9-8-10-12-27/h8-16,22-26,30-34,37-40,60-63H,17-21,50H2,1-7H3,(H2,51,64)(H,52,68)(H,53,73)(H,54,72)(H,55,74)(H,56,67)(H,57,69)(H,58,70)(H,59,71)(H,65,66)(H,75,76)/t24-,25-,26-,30+,31+,32+,33+,34+,37+,38+,39+,40+/m1/s1. The van der Waals surface area contributed by atoms with E-state index in [9.17, 15) is 83.4 Å². The number of carbonyl (C=O) groups excluding carboxylic acids is 9. The second-order valence-corrected chi connectivity index (χ2v) is 19.1. The smallest absolute Gasteiger partial charge is 0.326 e. The zero-order chi connectivity index (χ0) is 57.7. The van der Waals surface area contributed by atoms with Gasteiger partial charge in [0.2, 0.25) is 53.2 Å². The Morgan fingerprint density at radius 2 is 0.829 bits per heavy atom. The fraction of sp³-hybridized carbons (Fsp3) is 0.531. The maximum Gasteiger partial charge on any atom is 0.326 e. The van der Waals surface area contributed by atoms with Crippen LogP contribution in [0, 0.1) is 11.8 Å². The fourth-order valence-corrected chi connectivity index (χ4v) is 7.35. The van der Waals surface area contributed by atoms with Gasteiger partial charge in [0.25, 0.3) is 0 Å². The number of carboxylic acids is 2. The Balaban J connectivity index is 2.41. The van der Waals surface area contributed by atoms with E-state index in [-0.39, 0.29) is 18.1 Å². The number of primary amides is 1. The van der Waals surface area contributed by atoms with E-state index in [1.54, 1.807) is 44.2 Å². The van der Waals surface area contributed by atoms with Gasteiger partial charge in [-0.2, -0.15) is 0 Å². The Labute approximate surface area is 438 Å². The molecule has 0 aromatic heterocycles. The summed E-state index contributed by atoms with van der Waals surface area (Å²) in [6.07, 6.45) is -7.72. The van der Waals surface area contributed by atoms with E-state index in [4.69, 9.17) is 11.5 Å². The predicted octanol–water partition coefficient (Wildman–Crippen LogP) is -4.34. The van der Waals surface area contributed by atoms with Crippen molar-refractivity contribution in [2.24, 2.45) is 23.3 Å². The lowest BCUT2D eigenvalue weighted by atomic mass is 9.99. The van der Waals surface area contributed by atoms with Crippen LogP contribution in [0.5, 0.6) is 5.75 Å². The van der Waals surface area contributed by atoms with Crippen LogP contribution in [-0.4, -0.2) is 168 Å². The number of hydrogen-bond donors (Lipinski definition) is 16. The van der Waals surface area contributed by atoms with Gasteiger partial charge in [-0.05, 0) is 62.3 Å². The lowest BCUT2D eigenvalue weighted by Gasteiger charge is -2.29. The number of carbonyl (C=O) groups is 11. The Hall–Kier alpha value is -7.75. The Kier molecular flexibility index (Phi) is 25.9. The van der Waals surface area contributed by atoms with Crippen molar-refractivity contribution < 1.29 is 83.4 Å². The highest BCUT2D eigenvalue weighted by molar-refractivity contribution is 6.00. The van der Waals surface area contributed by atoms with Gasteiger partial charge in [-0.25, -0.2) is 4.79 Å². The summed E-state index contributed by atoms with van der Waals surface area (Å²) < 4.78 is 0. The second-order valence-electron chi connectivity index (χ2n) is 19.1. The van der Waals surface area contributed by atoms with E-state index >= 15 is 0 Å². The van der Waals surface area contributed by atoms with Crippen molar-refractivity contribution in [2.45, 2.75) is 153 Å². The normalized spacial score (nSPS) is 16.0. The molecule has 2 aromatic carbocycles. The summed E-state index contributed by atoms with van der Waals surface area (Å²) in [5, 5.41) is 79.1. The van der Waals surface area contributed by atoms with Gasteiger partial charge in [0.05, 0.1) is 37.2 Å². The number of hydrogen-bond acceptors (Lipinski definition) is 16. The van der Waals surface area contributed by atoms with Gasteiger partial charge < -0.3 is 84.6 Å². The minimum Gasteiger partial charge on any atom is -0.508 e. The first-order valence-corrected chi connectivity index (χ1v) is 24.2. The monoisotopic (exact) mass is 1070 g/mol. The first-order chi connectivity index (χ1) is 35.4. The lowest BCUT2D eigenvalue weighted by Crippen LogP contribution is -2.63. The first kappa shape index (κ1) is 64.4. The van der Waals surface area contributed by atoms with Crippen LogP contribution in [0.25, 0.3) is 0 Å². The third-order valence-corrected chi connectivity index (χ3v) is 11.5. The van der Waals surface area contributed by atoms with E-state index in [1.165, 1.54) is 24.3 Å². The number of amides is 9. The Bertz CT molecular complexity index is 2350. The molecule has 0 bridgehead atoms. The molecule has 0 fully saturated rings. The van der Waals surface area contributed by atoms with Gasteiger partial charge in [-0.1, -0.05) is 70.2 Å². The highest BCUT2D eigenvalue weighted by atomic mass is 16.4. The molecule has 0 aliphatic heterocycles. The number of aliphatic hydroxyl groups excluding tert-OH is 3. The molecule has 12 atom stereocenters. The van der Waals surface area contributed by atoms with Crippen molar-refractivity contribution >= 4 is 65.1 Å². The maximum atomic E-state index is 14.1. The fourth-order valence-electron chi connectivity index (χ4n) is 7.35. The largest absolute Gasteiger partial charge is 0.508 e. The average molecular weight is 1070 g/mol. The highest BCUT2D eigenvalue weighted by Crippen LogP contribution is 2.14. The number of nitrogens with two attached hydrogens (primary N) is 2. The lowest BCUT2D eigenvalue weighted by molar-refractivity contribution is -0.144. The number of carboxylic acid groups (broad SMARTS) is 2. The molecular weight excluding hydrogens is 1000 g/mol. The molecule has 0 aliphatic carbocycles. The highest BCUT2D eigenvalue weighted by Gasteiger charge is 2.39. The van der Waals surface area contributed by atoms with E-state index in [2.05, 4.69) is 37.2 Å². The van der Waals surface area contributed by atoms with E-state index in [0.29, 0.717) is 17.5 Å². The molecule has 0 spiro atoms. The summed E-state index contributed by atoms with van der Waals surface area (Å²) >= 11 is 0. The van der Waals surface area contributed by atoms with Crippen molar-refractivity contribution in [1.29, 1.82) is 0 Å².